The number of rotatable bonds is 24. The number of aliphatic hydroxyl groups excluding tert-OH is 5. The van der Waals surface area contributed by atoms with Crippen LogP contribution < -0.4 is 5.32 Å². The molecule has 1 fully saturated rings. The number of ether oxygens (including phenoxy) is 2. The van der Waals surface area contributed by atoms with Crippen LogP contribution in [-0.2, 0) is 14.3 Å². The summed E-state index contributed by atoms with van der Waals surface area (Å²) in [4.78, 5) is 12.7. The van der Waals surface area contributed by atoms with Gasteiger partial charge in [0, 0.05) is 6.42 Å². The summed E-state index contributed by atoms with van der Waals surface area (Å²) >= 11 is 0. The van der Waals surface area contributed by atoms with E-state index < -0.39 is 49.5 Å². The van der Waals surface area contributed by atoms with Gasteiger partial charge in [0.25, 0.3) is 0 Å². The zero-order chi connectivity index (χ0) is 28.9. The van der Waals surface area contributed by atoms with E-state index in [0.717, 1.165) is 38.5 Å². The highest BCUT2D eigenvalue weighted by molar-refractivity contribution is 5.76. The lowest BCUT2D eigenvalue weighted by atomic mass is 9.99. The largest absolute Gasteiger partial charge is 0.394 e. The molecule has 0 aromatic rings. The first-order valence-electron chi connectivity index (χ1n) is 15.7. The van der Waals surface area contributed by atoms with Crippen molar-refractivity contribution < 1.29 is 39.8 Å². The Hall–Kier alpha value is -0.810. The highest BCUT2D eigenvalue weighted by Crippen LogP contribution is 2.22. The fraction of sp³-hybridized carbons (Fsp3) is 0.967. The van der Waals surface area contributed by atoms with Crippen molar-refractivity contribution in [2.45, 2.75) is 172 Å². The average molecular weight is 562 g/mol. The van der Waals surface area contributed by atoms with Gasteiger partial charge in [-0.3, -0.25) is 4.79 Å². The van der Waals surface area contributed by atoms with Crippen LogP contribution in [0.1, 0.15) is 129 Å². The van der Waals surface area contributed by atoms with Gasteiger partial charge in [-0.15, -0.1) is 0 Å². The molecule has 1 aliphatic heterocycles. The molecule has 9 nitrogen and oxygen atoms in total. The Balaban J connectivity index is 2.54. The number of amides is 1. The van der Waals surface area contributed by atoms with E-state index >= 15 is 0 Å². The Bertz CT molecular complexity index is 593. The lowest BCUT2D eigenvalue weighted by Crippen LogP contribution is -2.60. The summed E-state index contributed by atoms with van der Waals surface area (Å²) in [6.45, 7) is 3.72. The molecule has 7 atom stereocenters. The SMILES string of the molecule is CCCCCCCCCCC(=O)NC(COC1OC(CO)C(O)C(O)C1O)C(O)CCCCCCCCCC. The number of unbranched alkanes of at least 4 members (excludes halogenated alkanes) is 14. The van der Waals surface area contributed by atoms with Crippen molar-refractivity contribution in [2.24, 2.45) is 0 Å². The molecule has 1 aliphatic rings. The number of carbonyl (C=O) groups is 1. The minimum atomic E-state index is -1.54. The lowest BCUT2D eigenvalue weighted by molar-refractivity contribution is -0.302. The van der Waals surface area contributed by atoms with Gasteiger partial charge in [0.15, 0.2) is 6.29 Å². The zero-order valence-electron chi connectivity index (χ0n) is 24.6. The van der Waals surface area contributed by atoms with Gasteiger partial charge in [-0.2, -0.15) is 0 Å². The first-order chi connectivity index (χ1) is 18.8. The Morgan fingerprint density at radius 1 is 0.769 bits per heavy atom. The zero-order valence-corrected chi connectivity index (χ0v) is 24.6. The van der Waals surface area contributed by atoms with E-state index in [-0.39, 0.29) is 12.5 Å². The van der Waals surface area contributed by atoms with Crippen LogP contribution in [0.5, 0.6) is 0 Å². The number of aliphatic hydroxyl groups is 5. The number of hydrogen-bond donors (Lipinski definition) is 6. The summed E-state index contributed by atoms with van der Waals surface area (Å²) in [5.74, 6) is -0.154. The van der Waals surface area contributed by atoms with E-state index in [9.17, 15) is 30.3 Å². The van der Waals surface area contributed by atoms with Crippen molar-refractivity contribution in [3.63, 3.8) is 0 Å². The second kappa shape index (κ2) is 22.8. The molecule has 0 aliphatic carbocycles. The third kappa shape index (κ3) is 15.7. The van der Waals surface area contributed by atoms with Crippen LogP contribution >= 0.6 is 0 Å². The Kier molecular flexibility index (Phi) is 21.2. The van der Waals surface area contributed by atoms with Crippen molar-refractivity contribution in [1.29, 1.82) is 0 Å². The second-order valence-corrected chi connectivity index (χ2v) is 11.3. The molecule has 0 spiro atoms. The van der Waals surface area contributed by atoms with Crippen molar-refractivity contribution in [3.05, 3.63) is 0 Å². The molecule has 0 bridgehead atoms. The highest BCUT2D eigenvalue weighted by atomic mass is 16.7. The predicted octanol–water partition coefficient (Wildman–Crippen LogP) is 3.71. The summed E-state index contributed by atoms with van der Waals surface area (Å²) in [5.41, 5.74) is 0. The first kappa shape index (κ1) is 36.2. The molecule has 1 amide bonds. The standard InChI is InChI=1S/C30H59NO8/c1-3-5-7-9-11-13-15-17-19-24(33)23(31-26(34)20-18-16-14-12-10-8-6-4-2)22-38-30-29(37)28(36)27(35)25(21-32)39-30/h23-25,27-30,32-33,35-37H,3-22H2,1-2H3,(H,31,34). The summed E-state index contributed by atoms with van der Waals surface area (Å²) < 4.78 is 11.1. The molecule has 0 aromatic heterocycles. The van der Waals surface area contributed by atoms with Gasteiger partial charge < -0.3 is 40.3 Å². The maximum Gasteiger partial charge on any atom is 0.220 e. The number of carbonyl (C=O) groups excluding carboxylic acids is 1. The molecule has 232 valence electrons. The number of hydrogen-bond acceptors (Lipinski definition) is 8. The Morgan fingerprint density at radius 3 is 1.82 bits per heavy atom. The predicted molar refractivity (Wildman–Crippen MR) is 152 cm³/mol. The van der Waals surface area contributed by atoms with E-state index in [2.05, 4.69) is 19.2 Å². The fourth-order valence-electron chi connectivity index (χ4n) is 5.04. The fourth-order valence-corrected chi connectivity index (χ4v) is 5.04. The minimum Gasteiger partial charge on any atom is -0.394 e. The molecule has 1 rings (SSSR count). The van der Waals surface area contributed by atoms with Gasteiger partial charge >= 0.3 is 0 Å². The maximum atomic E-state index is 12.7. The first-order valence-corrected chi connectivity index (χ1v) is 15.7. The molecule has 9 heteroatoms. The summed E-state index contributed by atoms with van der Waals surface area (Å²) in [5, 5.41) is 53.5. The Labute approximate surface area is 236 Å². The molecule has 0 saturated carbocycles. The van der Waals surface area contributed by atoms with Crippen molar-refractivity contribution >= 4 is 5.91 Å². The quantitative estimate of drug-likeness (QED) is 0.0977. The van der Waals surface area contributed by atoms with Crippen molar-refractivity contribution in [1.82, 2.24) is 5.32 Å². The van der Waals surface area contributed by atoms with Crippen LogP contribution in [0.2, 0.25) is 0 Å². The molecule has 1 heterocycles. The highest BCUT2D eigenvalue weighted by Gasteiger charge is 2.44. The van der Waals surface area contributed by atoms with Gasteiger partial charge in [0.2, 0.25) is 5.91 Å². The van der Waals surface area contributed by atoms with E-state index in [1.807, 2.05) is 0 Å². The lowest BCUT2D eigenvalue weighted by Gasteiger charge is -2.40. The van der Waals surface area contributed by atoms with Gasteiger partial charge in [0.05, 0.1) is 25.4 Å². The molecule has 1 saturated heterocycles. The third-order valence-electron chi connectivity index (χ3n) is 7.71. The maximum absolute atomic E-state index is 12.7. The van der Waals surface area contributed by atoms with Gasteiger partial charge in [0.1, 0.15) is 24.4 Å². The van der Waals surface area contributed by atoms with Gasteiger partial charge in [-0.05, 0) is 12.8 Å². The van der Waals surface area contributed by atoms with Crippen LogP contribution in [0.4, 0.5) is 0 Å². The molecule has 39 heavy (non-hydrogen) atoms. The molecule has 6 N–H and O–H groups in total. The smallest absolute Gasteiger partial charge is 0.220 e. The van der Waals surface area contributed by atoms with Crippen LogP contribution in [0.15, 0.2) is 0 Å². The van der Waals surface area contributed by atoms with Crippen LogP contribution in [-0.4, -0.2) is 87.5 Å². The molecular formula is C30H59NO8. The monoisotopic (exact) mass is 561 g/mol. The normalized spacial score (nSPS) is 24.9. The van der Waals surface area contributed by atoms with E-state index in [0.29, 0.717) is 12.8 Å². The minimum absolute atomic E-state index is 0.135. The molecular weight excluding hydrogens is 502 g/mol. The van der Waals surface area contributed by atoms with Crippen LogP contribution in [0.25, 0.3) is 0 Å². The summed E-state index contributed by atoms with van der Waals surface area (Å²) in [6, 6.07) is -0.705. The van der Waals surface area contributed by atoms with Crippen molar-refractivity contribution in [2.75, 3.05) is 13.2 Å². The molecule has 7 unspecified atom stereocenters. The average Bonchev–Trinajstić information content (AvgIpc) is 2.93. The van der Waals surface area contributed by atoms with Gasteiger partial charge in [-0.25, -0.2) is 0 Å². The van der Waals surface area contributed by atoms with Crippen LogP contribution in [0, 0.1) is 0 Å². The Morgan fingerprint density at radius 2 is 1.28 bits per heavy atom. The summed E-state index contributed by atoms with van der Waals surface area (Å²) in [6.07, 6.45) is 11.4. The third-order valence-corrected chi connectivity index (χ3v) is 7.71. The van der Waals surface area contributed by atoms with E-state index in [4.69, 9.17) is 9.47 Å². The van der Waals surface area contributed by atoms with E-state index in [1.165, 1.54) is 64.2 Å². The summed E-state index contributed by atoms with van der Waals surface area (Å²) in [7, 11) is 0. The van der Waals surface area contributed by atoms with Crippen molar-refractivity contribution in [3.8, 4) is 0 Å². The second-order valence-electron chi connectivity index (χ2n) is 11.3. The topological polar surface area (TPSA) is 149 Å². The molecule has 0 aromatic carbocycles. The number of nitrogens with one attached hydrogen (secondary N) is 1. The molecule has 0 radical (unpaired) electrons. The van der Waals surface area contributed by atoms with Gasteiger partial charge in [-0.1, -0.05) is 110 Å². The van der Waals surface area contributed by atoms with Crippen LogP contribution in [0.3, 0.4) is 0 Å². The van der Waals surface area contributed by atoms with E-state index in [1.54, 1.807) is 0 Å².